The maximum Gasteiger partial charge on any atom is 0.413 e. The highest BCUT2D eigenvalue weighted by Crippen LogP contribution is 2.24. The number of para-hydroxylation sites is 2. The molecule has 0 heterocycles. The Labute approximate surface area is 148 Å². The third-order valence-corrected chi connectivity index (χ3v) is 3.19. The minimum atomic E-state index is -0.685. The van der Waals surface area contributed by atoms with Crippen molar-refractivity contribution in [3.63, 3.8) is 0 Å². The van der Waals surface area contributed by atoms with Crippen molar-refractivity contribution in [1.29, 1.82) is 0 Å². The van der Waals surface area contributed by atoms with Crippen molar-refractivity contribution in [2.24, 2.45) is 4.99 Å². The number of hydrogen-bond donors (Lipinski definition) is 2. The lowest BCUT2D eigenvalue weighted by atomic mass is 10.2. The molecule has 25 heavy (non-hydrogen) atoms. The van der Waals surface area contributed by atoms with E-state index in [2.05, 4.69) is 20.4 Å². The van der Waals surface area contributed by atoms with E-state index in [1.165, 1.54) is 25.5 Å². The zero-order valence-electron chi connectivity index (χ0n) is 13.1. The van der Waals surface area contributed by atoms with E-state index < -0.39 is 11.0 Å². The molecule has 0 aliphatic heterocycles. The van der Waals surface area contributed by atoms with Crippen molar-refractivity contribution < 1.29 is 14.5 Å². The molecule has 0 aliphatic rings. The number of benzene rings is 2. The Morgan fingerprint density at radius 2 is 2.04 bits per heavy atom. The van der Waals surface area contributed by atoms with Gasteiger partial charge in [-0.15, -0.1) is 0 Å². The van der Waals surface area contributed by atoms with Crippen molar-refractivity contribution in [3.05, 3.63) is 64.2 Å². The number of carbonyl (C=O) groups excluding carboxylic acids is 1. The van der Waals surface area contributed by atoms with E-state index in [0.717, 1.165) is 0 Å². The van der Waals surface area contributed by atoms with E-state index in [-0.39, 0.29) is 10.8 Å². The Bertz CT molecular complexity index is 838. The summed E-state index contributed by atoms with van der Waals surface area (Å²) in [5.41, 5.74) is 1.67. The molecular formula is C16H14N4O4S. The number of nitrogens with one attached hydrogen (secondary N) is 2. The van der Waals surface area contributed by atoms with Crippen molar-refractivity contribution >= 4 is 46.7 Å². The maximum atomic E-state index is 11.1. The standard InChI is InChI=1S/C16H14N4O4S/c1-24-16(21)19-15(25)18-14-8-3-2-7-13(14)17-10-11-5-4-6-12(9-11)20(22)23/h2-10H,1H3,(H2,18,19,21,25). The summed E-state index contributed by atoms with van der Waals surface area (Å²) in [5.74, 6) is 0. The molecule has 8 nitrogen and oxygen atoms in total. The molecule has 0 saturated carbocycles. The zero-order chi connectivity index (χ0) is 18.2. The van der Waals surface area contributed by atoms with Gasteiger partial charge < -0.3 is 10.1 Å². The van der Waals surface area contributed by atoms with Crippen molar-refractivity contribution in [1.82, 2.24) is 5.32 Å². The second-order valence-electron chi connectivity index (χ2n) is 4.70. The third kappa shape index (κ3) is 5.36. The van der Waals surface area contributed by atoms with Gasteiger partial charge in [-0.3, -0.25) is 20.4 Å². The number of anilines is 1. The highest BCUT2D eigenvalue weighted by molar-refractivity contribution is 7.80. The van der Waals surface area contributed by atoms with Crippen molar-refractivity contribution in [2.75, 3.05) is 12.4 Å². The van der Waals surface area contributed by atoms with Crippen LogP contribution in [0.3, 0.4) is 0 Å². The Kier molecular flexibility index (Phi) is 6.13. The van der Waals surface area contributed by atoms with E-state index in [1.54, 1.807) is 36.4 Å². The van der Waals surface area contributed by atoms with Gasteiger partial charge in [0.2, 0.25) is 0 Å². The Morgan fingerprint density at radius 3 is 2.76 bits per heavy atom. The summed E-state index contributed by atoms with van der Waals surface area (Å²) in [4.78, 5) is 25.8. The van der Waals surface area contributed by atoms with Gasteiger partial charge in [-0.2, -0.15) is 0 Å². The number of alkyl carbamates (subject to hydrolysis) is 1. The Hall–Kier alpha value is -3.33. The van der Waals surface area contributed by atoms with E-state index in [4.69, 9.17) is 12.2 Å². The predicted molar refractivity (Wildman–Crippen MR) is 98.6 cm³/mol. The fraction of sp³-hybridized carbons (Fsp3) is 0.0625. The highest BCUT2D eigenvalue weighted by Gasteiger charge is 2.07. The number of nitro benzene ring substituents is 1. The molecule has 9 heteroatoms. The first-order chi connectivity index (χ1) is 12.0. The lowest BCUT2D eigenvalue weighted by molar-refractivity contribution is -0.384. The van der Waals surface area contributed by atoms with Gasteiger partial charge >= 0.3 is 6.09 Å². The summed E-state index contributed by atoms with van der Waals surface area (Å²) < 4.78 is 4.46. The molecule has 0 aliphatic carbocycles. The van der Waals surface area contributed by atoms with E-state index >= 15 is 0 Å². The van der Waals surface area contributed by atoms with Crippen LogP contribution in [0.15, 0.2) is 53.5 Å². The van der Waals surface area contributed by atoms with Gasteiger partial charge in [0, 0.05) is 18.3 Å². The zero-order valence-corrected chi connectivity index (χ0v) is 13.9. The second kappa shape index (κ2) is 8.50. The second-order valence-corrected chi connectivity index (χ2v) is 5.11. The Morgan fingerprint density at radius 1 is 1.28 bits per heavy atom. The Balaban J connectivity index is 2.17. The van der Waals surface area contributed by atoms with Crippen LogP contribution in [-0.2, 0) is 4.74 Å². The van der Waals surface area contributed by atoms with Gasteiger partial charge in [0.05, 0.1) is 23.4 Å². The molecule has 128 valence electrons. The molecule has 0 spiro atoms. The number of aliphatic imine (C=N–C) groups is 1. The molecule has 1 amide bonds. The number of ether oxygens (including phenoxy) is 1. The predicted octanol–water partition coefficient (Wildman–Crippen LogP) is 3.40. The maximum absolute atomic E-state index is 11.1. The number of nitrogens with zero attached hydrogens (tertiary/aromatic N) is 2. The van der Waals surface area contributed by atoms with Crippen LogP contribution in [0.2, 0.25) is 0 Å². The fourth-order valence-electron chi connectivity index (χ4n) is 1.85. The summed E-state index contributed by atoms with van der Waals surface area (Å²) in [6.45, 7) is 0. The SMILES string of the molecule is COC(=O)NC(=S)Nc1ccccc1N=Cc1cccc([N+](=O)[O-])c1. The highest BCUT2D eigenvalue weighted by atomic mass is 32.1. The number of hydrogen-bond acceptors (Lipinski definition) is 6. The monoisotopic (exact) mass is 358 g/mol. The summed E-state index contributed by atoms with van der Waals surface area (Å²) in [5, 5.41) is 16.0. The smallest absolute Gasteiger partial charge is 0.413 e. The molecule has 0 bridgehead atoms. The summed E-state index contributed by atoms with van der Waals surface area (Å²) in [6, 6.07) is 13.1. The molecule has 0 fully saturated rings. The first kappa shape index (κ1) is 18.0. The fourth-order valence-corrected chi connectivity index (χ4v) is 2.05. The van der Waals surface area contributed by atoms with Crippen LogP contribution in [0.4, 0.5) is 21.9 Å². The third-order valence-electron chi connectivity index (χ3n) is 2.99. The number of non-ortho nitro benzene ring substituents is 1. The minimum Gasteiger partial charge on any atom is -0.453 e. The van der Waals surface area contributed by atoms with Gasteiger partial charge in [-0.25, -0.2) is 4.79 Å². The van der Waals surface area contributed by atoms with Gasteiger partial charge in [0.15, 0.2) is 5.11 Å². The molecule has 0 saturated heterocycles. The normalized spacial score (nSPS) is 10.3. The van der Waals surface area contributed by atoms with E-state index in [0.29, 0.717) is 16.9 Å². The van der Waals surface area contributed by atoms with Crippen LogP contribution in [0.1, 0.15) is 5.56 Å². The molecular weight excluding hydrogens is 344 g/mol. The molecule has 0 aromatic heterocycles. The average molecular weight is 358 g/mol. The number of nitro groups is 1. The summed E-state index contributed by atoms with van der Waals surface area (Å²) >= 11 is 5.01. The first-order valence-electron chi connectivity index (χ1n) is 7.03. The van der Waals surface area contributed by atoms with Gasteiger partial charge in [-0.1, -0.05) is 24.3 Å². The van der Waals surface area contributed by atoms with Crippen LogP contribution in [0.25, 0.3) is 0 Å². The van der Waals surface area contributed by atoms with Crippen LogP contribution < -0.4 is 10.6 Å². The van der Waals surface area contributed by atoms with Crippen molar-refractivity contribution in [3.8, 4) is 0 Å². The lowest BCUT2D eigenvalue weighted by Crippen LogP contribution is -2.33. The largest absolute Gasteiger partial charge is 0.453 e. The number of methoxy groups -OCH3 is 1. The molecule has 2 N–H and O–H groups in total. The molecule has 2 rings (SSSR count). The lowest BCUT2D eigenvalue weighted by Gasteiger charge is -2.10. The van der Waals surface area contributed by atoms with E-state index in [1.807, 2.05) is 0 Å². The number of amides is 1. The van der Waals surface area contributed by atoms with Crippen LogP contribution in [-0.4, -0.2) is 29.5 Å². The van der Waals surface area contributed by atoms with Crippen molar-refractivity contribution in [2.45, 2.75) is 0 Å². The molecule has 0 unspecified atom stereocenters. The van der Waals surface area contributed by atoms with Gasteiger partial charge in [0.1, 0.15) is 0 Å². The number of thiocarbonyl (C=S) groups is 1. The summed E-state index contributed by atoms with van der Waals surface area (Å²) in [6.07, 6.45) is 0.819. The topological polar surface area (TPSA) is 106 Å². The molecule has 0 atom stereocenters. The van der Waals surface area contributed by atoms with Gasteiger partial charge in [-0.05, 0) is 29.9 Å². The number of carbonyl (C=O) groups is 1. The van der Waals surface area contributed by atoms with Gasteiger partial charge in [0.25, 0.3) is 5.69 Å². The van der Waals surface area contributed by atoms with Crippen LogP contribution in [0, 0.1) is 10.1 Å². The average Bonchev–Trinajstić information content (AvgIpc) is 2.61. The summed E-state index contributed by atoms with van der Waals surface area (Å²) in [7, 11) is 1.23. The van der Waals surface area contributed by atoms with E-state index in [9.17, 15) is 14.9 Å². The quantitative estimate of drug-likeness (QED) is 0.375. The van der Waals surface area contributed by atoms with Crippen LogP contribution >= 0.6 is 12.2 Å². The minimum absolute atomic E-state index is 0.0150. The molecule has 2 aromatic rings. The molecule has 0 radical (unpaired) electrons. The first-order valence-corrected chi connectivity index (χ1v) is 7.44. The number of rotatable bonds is 4. The molecule has 2 aromatic carbocycles. The van der Waals surface area contributed by atoms with Crippen LogP contribution in [0.5, 0.6) is 0 Å².